The summed E-state index contributed by atoms with van der Waals surface area (Å²) < 4.78 is 5.44. The van der Waals surface area contributed by atoms with Crippen LogP contribution < -0.4 is 10.2 Å². The van der Waals surface area contributed by atoms with Crippen LogP contribution in [0.1, 0.15) is 35.4 Å². The van der Waals surface area contributed by atoms with Gasteiger partial charge in [0.25, 0.3) is 0 Å². The van der Waals surface area contributed by atoms with Crippen molar-refractivity contribution in [1.29, 1.82) is 0 Å². The summed E-state index contributed by atoms with van der Waals surface area (Å²) in [5.41, 5.74) is 4.76. The molecule has 4 nitrogen and oxygen atoms in total. The van der Waals surface area contributed by atoms with Gasteiger partial charge in [-0.15, -0.1) is 0 Å². The molecule has 3 rings (SSSR count). The normalized spacial score (nSPS) is 14.4. The molecule has 1 fully saturated rings. The largest absolute Gasteiger partial charge is 0.367 e. The number of aryl methyl sites for hydroxylation is 2. The molecule has 1 N–H and O–H groups in total. The van der Waals surface area contributed by atoms with Crippen LogP contribution in [0.3, 0.4) is 0 Å². The Balaban J connectivity index is 1.61. The lowest BCUT2D eigenvalue weighted by molar-refractivity contribution is 0.375. The van der Waals surface area contributed by atoms with Crippen LogP contribution >= 0.6 is 0 Å². The van der Waals surface area contributed by atoms with Crippen molar-refractivity contribution in [2.75, 3.05) is 11.9 Å². The summed E-state index contributed by atoms with van der Waals surface area (Å²) in [6.07, 6.45) is 2.58. The van der Waals surface area contributed by atoms with Crippen LogP contribution in [0.2, 0.25) is 0 Å². The molecule has 0 atom stereocenters. The SMILES string of the molecule is Cc1cc(C)cc(N(C)Cc2cc(CNC3CC3)no2)c1. The van der Waals surface area contributed by atoms with Crippen molar-refractivity contribution >= 4 is 5.69 Å². The zero-order valence-corrected chi connectivity index (χ0v) is 13.0. The van der Waals surface area contributed by atoms with Gasteiger partial charge in [-0.25, -0.2) is 0 Å². The minimum Gasteiger partial charge on any atom is -0.367 e. The van der Waals surface area contributed by atoms with E-state index >= 15 is 0 Å². The van der Waals surface area contributed by atoms with E-state index in [9.17, 15) is 0 Å². The quantitative estimate of drug-likeness (QED) is 0.885. The maximum absolute atomic E-state index is 5.44. The second-order valence-electron chi connectivity index (χ2n) is 6.14. The van der Waals surface area contributed by atoms with Crippen LogP contribution in [-0.2, 0) is 13.1 Å². The predicted octanol–water partition coefficient (Wildman–Crippen LogP) is 3.18. The first-order chi connectivity index (χ1) is 10.1. The lowest BCUT2D eigenvalue weighted by atomic mass is 10.1. The summed E-state index contributed by atoms with van der Waals surface area (Å²) in [6.45, 7) is 5.79. The summed E-state index contributed by atoms with van der Waals surface area (Å²) in [5, 5.41) is 7.58. The molecule has 0 unspecified atom stereocenters. The van der Waals surface area contributed by atoms with E-state index in [-0.39, 0.29) is 0 Å². The van der Waals surface area contributed by atoms with Gasteiger partial charge >= 0.3 is 0 Å². The molecule has 1 aliphatic rings. The van der Waals surface area contributed by atoms with E-state index in [1.165, 1.54) is 29.7 Å². The lowest BCUT2D eigenvalue weighted by Crippen LogP contribution is -2.16. The van der Waals surface area contributed by atoms with Crippen LogP contribution in [0, 0.1) is 13.8 Å². The molecule has 112 valence electrons. The molecule has 0 radical (unpaired) electrons. The fourth-order valence-corrected chi connectivity index (χ4v) is 2.55. The Morgan fingerprint density at radius 2 is 1.90 bits per heavy atom. The predicted molar refractivity (Wildman–Crippen MR) is 84.4 cm³/mol. The van der Waals surface area contributed by atoms with Crippen molar-refractivity contribution in [1.82, 2.24) is 10.5 Å². The number of hydrogen-bond donors (Lipinski definition) is 1. The van der Waals surface area contributed by atoms with Crippen LogP contribution in [0.15, 0.2) is 28.8 Å². The fourth-order valence-electron chi connectivity index (χ4n) is 2.55. The maximum Gasteiger partial charge on any atom is 0.156 e. The minimum absolute atomic E-state index is 0.697. The average molecular weight is 285 g/mol. The first kappa shape index (κ1) is 14.1. The molecule has 1 heterocycles. The standard InChI is InChI=1S/C17H23N3O/c1-12-6-13(2)8-16(7-12)20(3)11-17-9-15(19-21-17)10-18-14-4-5-14/h6-9,14,18H,4-5,10-11H2,1-3H3. The number of anilines is 1. The number of nitrogens with one attached hydrogen (secondary N) is 1. The molecule has 1 aliphatic carbocycles. The topological polar surface area (TPSA) is 41.3 Å². The van der Waals surface area contributed by atoms with E-state index in [2.05, 4.69) is 60.5 Å². The molecule has 0 spiro atoms. The number of rotatable bonds is 6. The first-order valence-corrected chi connectivity index (χ1v) is 7.57. The monoisotopic (exact) mass is 285 g/mol. The van der Waals surface area contributed by atoms with Gasteiger partial charge in [0.05, 0.1) is 12.2 Å². The van der Waals surface area contributed by atoms with Gasteiger partial charge in [-0.3, -0.25) is 0 Å². The highest BCUT2D eigenvalue weighted by molar-refractivity contribution is 5.50. The lowest BCUT2D eigenvalue weighted by Gasteiger charge is -2.18. The van der Waals surface area contributed by atoms with Crippen molar-refractivity contribution in [3.05, 3.63) is 46.8 Å². The third-order valence-electron chi connectivity index (χ3n) is 3.80. The number of aromatic nitrogens is 1. The highest BCUT2D eigenvalue weighted by atomic mass is 16.5. The Kier molecular flexibility index (Phi) is 3.97. The Hall–Kier alpha value is -1.81. The van der Waals surface area contributed by atoms with Crippen LogP contribution in [0.4, 0.5) is 5.69 Å². The molecule has 0 saturated heterocycles. The Labute approximate surface area is 126 Å². The minimum atomic E-state index is 0.697. The third-order valence-corrected chi connectivity index (χ3v) is 3.80. The van der Waals surface area contributed by atoms with Crippen molar-refractivity contribution < 1.29 is 4.52 Å². The highest BCUT2D eigenvalue weighted by Crippen LogP contribution is 2.21. The first-order valence-electron chi connectivity index (χ1n) is 7.57. The molecule has 0 bridgehead atoms. The molecular formula is C17H23N3O. The van der Waals surface area contributed by atoms with Crippen LogP contribution in [0.25, 0.3) is 0 Å². The van der Waals surface area contributed by atoms with Gasteiger partial charge in [0.1, 0.15) is 0 Å². The fraction of sp³-hybridized carbons (Fsp3) is 0.471. The van der Waals surface area contributed by atoms with Gasteiger partial charge in [-0.2, -0.15) is 0 Å². The van der Waals surface area contributed by atoms with Gasteiger partial charge in [-0.05, 0) is 49.9 Å². The zero-order valence-electron chi connectivity index (χ0n) is 13.0. The molecule has 21 heavy (non-hydrogen) atoms. The van der Waals surface area contributed by atoms with Gasteiger partial charge < -0.3 is 14.7 Å². The van der Waals surface area contributed by atoms with E-state index in [4.69, 9.17) is 4.52 Å². The van der Waals surface area contributed by atoms with Crippen LogP contribution in [0.5, 0.6) is 0 Å². The van der Waals surface area contributed by atoms with Gasteiger partial charge in [-0.1, -0.05) is 11.2 Å². The van der Waals surface area contributed by atoms with Gasteiger partial charge in [0, 0.05) is 31.4 Å². The second-order valence-corrected chi connectivity index (χ2v) is 6.14. The summed E-state index contributed by atoms with van der Waals surface area (Å²) in [7, 11) is 2.08. The van der Waals surface area contributed by atoms with E-state index in [0.29, 0.717) is 6.04 Å². The maximum atomic E-state index is 5.44. The molecule has 0 amide bonds. The van der Waals surface area contributed by atoms with Crippen molar-refractivity contribution in [2.24, 2.45) is 0 Å². The molecule has 1 aromatic carbocycles. The summed E-state index contributed by atoms with van der Waals surface area (Å²) in [4.78, 5) is 2.19. The van der Waals surface area contributed by atoms with Gasteiger partial charge in [0.15, 0.2) is 5.76 Å². The average Bonchev–Trinajstić information content (AvgIpc) is 3.15. The Bertz CT molecular complexity index is 596. The van der Waals surface area contributed by atoms with Gasteiger partial charge in [0.2, 0.25) is 0 Å². The number of benzene rings is 1. The Morgan fingerprint density at radius 1 is 1.19 bits per heavy atom. The smallest absolute Gasteiger partial charge is 0.156 e. The Morgan fingerprint density at radius 3 is 2.57 bits per heavy atom. The highest BCUT2D eigenvalue weighted by Gasteiger charge is 2.20. The molecular weight excluding hydrogens is 262 g/mol. The van der Waals surface area contributed by atoms with E-state index in [0.717, 1.165) is 24.5 Å². The number of nitrogens with zero attached hydrogens (tertiary/aromatic N) is 2. The molecule has 4 heteroatoms. The zero-order chi connectivity index (χ0) is 14.8. The summed E-state index contributed by atoms with van der Waals surface area (Å²) in [6, 6.07) is 9.32. The molecule has 1 saturated carbocycles. The van der Waals surface area contributed by atoms with Crippen molar-refractivity contribution in [2.45, 2.75) is 45.8 Å². The van der Waals surface area contributed by atoms with E-state index in [1.807, 2.05) is 0 Å². The second kappa shape index (κ2) is 5.90. The molecule has 1 aromatic heterocycles. The van der Waals surface area contributed by atoms with Crippen LogP contribution in [-0.4, -0.2) is 18.2 Å². The summed E-state index contributed by atoms with van der Waals surface area (Å²) in [5.74, 6) is 0.907. The van der Waals surface area contributed by atoms with Crippen molar-refractivity contribution in [3.63, 3.8) is 0 Å². The van der Waals surface area contributed by atoms with E-state index < -0.39 is 0 Å². The molecule has 2 aromatic rings. The molecule has 0 aliphatic heterocycles. The summed E-state index contributed by atoms with van der Waals surface area (Å²) >= 11 is 0. The van der Waals surface area contributed by atoms with Crippen molar-refractivity contribution in [3.8, 4) is 0 Å². The number of hydrogen-bond acceptors (Lipinski definition) is 4. The van der Waals surface area contributed by atoms with E-state index in [1.54, 1.807) is 0 Å². The third kappa shape index (κ3) is 3.85.